The number of aryl methyl sites for hydroxylation is 1. The van der Waals surface area contributed by atoms with Crippen LogP contribution in [0.15, 0.2) is 6.20 Å². The highest BCUT2D eigenvalue weighted by atomic mass is 16.6. The molecule has 0 saturated carbocycles. The minimum atomic E-state index is -1.18. The molecule has 1 rings (SSSR count). The minimum absolute atomic E-state index is 0.0879. The fraction of sp³-hybridized carbons (Fsp3) is 0.615. The normalized spacial score (nSPS) is 12.7. The second-order valence-electron chi connectivity index (χ2n) is 6.26. The number of aliphatic carboxylic acids is 1. The van der Waals surface area contributed by atoms with E-state index < -0.39 is 34.2 Å². The number of nitro groups is 1. The second kappa shape index (κ2) is 6.54. The highest BCUT2D eigenvalue weighted by molar-refractivity contribution is 5.98. The Morgan fingerprint density at radius 2 is 2.09 bits per heavy atom. The van der Waals surface area contributed by atoms with E-state index in [1.165, 1.54) is 7.05 Å². The largest absolute Gasteiger partial charge is 0.480 e. The molecule has 1 aromatic heterocycles. The molecule has 0 aliphatic heterocycles. The summed E-state index contributed by atoms with van der Waals surface area (Å²) in [6.07, 6.45) is 1.90. The average Bonchev–Trinajstić information content (AvgIpc) is 2.75. The second-order valence-corrected chi connectivity index (χ2v) is 6.26. The number of carboxylic acids is 1. The van der Waals surface area contributed by atoms with E-state index in [0.29, 0.717) is 6.42 Å². The van der Waals surface area contributed by atoms with E-state index in [4.69, 9.17) is 0 Å². The van der Waals surface area contributed by atoms with Crippen LogP contribution in [0.4, 0.5) is 5.69 Å². The van der Waals surface area contributed by atoms with Crippen LogP contribution in [-0.2, 0) is 11.8 Å². The summed E-state index contributed by atoms with van der Waals surface area (Å²) in [4.78, 5) is 33.4. The summed E-state index contributed by atoms with van der Waals surface area (Å²) in [5.74, 6) is -2.05. The number of hydrogen-bond donors (Lipinski definition) is 2. The summed E-state index contributed by atoms with van der Waals surface area (Å²) in [7, 11) is 1.44. The summed E-state index contributed by atoms with van der Waals surface area (Å²) in [6.45, 7) is 5.87. The van der Waals surface area contributed by atoms with Crippen molar-refractivity contribution in [1.29, 1.82) is 0 Å². The van der Waals surface area contributed by atoms with Gasteiger partial charge in [-0.05, 0) is 18.3 Å². The lowest BCUT2D eigenvalue weighted by Gasteiger charge is -2.21. The van der Waals surface area contributed by atoms with Crippen molar-refractivity contribution >= 4 is 17.6 Å². The Balaban J connectivity index is 2.88. The lowest BCUT2D eigenvalue weighted by molar-refractivity contribution is -0.385. The van der Waals surface area contributed by atoms with E-state index in [0.717, 1.165) is 10.9 Å². The summed E-state index contributed by atoms with van der Waals surface area (Å²) >= 11 is 0. The van der Waals surface area contributed by atoms with Crippen molar-refractivity contribution in [2.24, 2.45) is 12.5 Å². The lowest BCUT2D eigenvalue weighted by Crippen LogP contribution is -2.41. The minimum Gasteiger partial charge on any atom is -0.480 e. The van der Waals surface area contributed by atoms with E-state index in [1.807, 2.05) is 20.8 Å². The van der Waals surface area contributed by atoms with Crippen LogP contribution in [0.25, 0.3) is 0 Å². The number of nitrogens with one attached hydrogen (secondary N) is 1. The first-order chi connectivity index (χ1) is 10.0. The van der Waals surface area contributed by atoms with Gasteiger partial charge in [0.1, 0.15) is 12.2 Å². The number of rotatable bonds is 6. The van der Waals surface area contributed by atoms with Crippen molar-refractivity contribution in [1.82, 2.24) is 15.1 Å². The van der Waals surface area contributed by atoms with Crippen molar-refractivity contribution < 1.29 is 19.6 Å². The van der Waals surface area contributed by atoms with Gasteiger partial charge in [-0.2, -0.15) is 5.10 Å². The van der Waals surface area contributed by atoms with Crippen LogP contribution in [0.2, 0.25) is 0 Å². The quantitative estimate of drug-likeness (QED) is 0.602. The molecule has 1 amide bonds. The third kappa shape index (κ3) is 4.83. The van der Waals surface area contributed by atoms with Crippen LogP contribution >= 0.6 is 0 Å². The lowest BCUT2D eigenvalue weighted by atomic mass is 9.88. The Morgan fingerprint density at radius 3 is 2.55 bits per heavy atom. The molecule has 0 aromatic carbocycles. The Kier molecular flexibility index (Phi) is 5.23. The summed E-state index contributed by atoms with van der Waals surface area (Å²) in [5, 5.41) is 26.1. The van der Waals surface area contributed by atoms with Gasteiger partial charge in [-0.3, -0.25) is 19.6 Å². The van der Waals surface area contributed by atoms with Crippen molar-refractivity contribution in [3.63, 3.8) is 0 Å². The highest BCUT2D eigenvalue weighted by Gasteiger charge is 2.29. The van der Waals surface area contributed by atoms with Gasteiger partial charge in [0.25, 0.3) is 5.91 Å². The molecule has 0 aliphatic carbocycles. The number of carboxylic acid groups (broad SMARTS) is 1. The zero-order valence-corrected chi connectivity index (χ0v) is 13.0. The third-order valence-corrected chi connectivity index (χ3v) is 3.01. The maximum absolute atomic E-state index is 12.1. The Labute approximate surface area is 127 Å². The zero-order valence-electron chi connectivity index (χ0n) is 13.0. The number of nitrogens with zero attached hydrogens (tertiary/aromatic N) is 3. The monoisotopic (exact) mass is 312 g/mol. The molecule has 1 heterocycles. The molecule has 1 unspecified atom stereocenters. The van der Waals surface area contributed by atoms with Crippen molar-refractivity contribution in [3.05, 3.63) is 22.0 Å². The fourth-order valence-electron chi connectivity index (χ4n) is 1.83. The number of aromatic nitrogens is 2. The van der Waals surface area contributed by atoms with E-state index in [-0.39, 0.29) is 11.8 Å². The first-order valence-electron chi connectivity index (χ1n) is 6.73. The van der Waals surface area contributed by atoms with Gasteiger partial charge in [0.15, 0.2) is 0 Å². The molecule has 0 spiro atoms. The van der Waals surface area contributed by atoms with Crippen LogP contribution in [0.5, 0.6) is 0 Å². The molecule has 2 N–H and O–H groups in total. The van der Waals surface area contributed by atoms with Gasteiger partial charge in [-0.15, -0.1) is 0 Å². The first kappa shape index (κ1) is 17.6. The van der Waals surface area contributed by atoms with Crippen LogP contribution in [0.3, 0.4) is 0 Å². The first-order valence-corrected chi connectivity index (χ1v) is 6.73. The van der Waals surface area contributed by atoms with Crippen LogP contribution in [-0.4, -0.2) is 37.7 Å². The summed E-state index contributed by atoms with van der Waals surface area (Å²) in [6, 6.07) is -1.12. The molecular formula is C13H20N4O5. The van der Waals surface area contributed by atoms with Crippen LogP contribution < -0.4 is 5.32 Å². The molecule has 0 bridgehead atoms. The smallest absolute Gasteiger partial charge is 0.326 e. The van der Waals surface area contributed by atoms with E-state index in [1.54, 1.807) is 0 Å². The van der Waals surface area contributed by atoms with Crippen molar-refractivity contribution in [2.45, 2.75) is 39.7 Å². The number of amides is 1. The Hall–Kier alpha value is -2.45. The molecule has 1 aromatic rings. The molecule has 22 heavy (non-hydrogen) atoms. The summed E-state index contributed by atoms with van der Waals surface area (Å²) < 4.78 is 1.14. The van der Waals surface area contributed by atoms with Gasteiger partial charge in [-0.1, -0.05) is 20.8 Å². The van der Waals surface area contributed by atoms with Crippen molar-refractivity contribution in [2.75, 3.05) is 0 Å². The number of carbonyl (C=O) groups excluding carboxylic acids is 1. The molecule has 122 valence electrons. The maximum atomic E-state index is 12.1. The maximum Gasteiger partial charge on any atom is 0.326 e. The Bertz CT molecular complexity index is 588. The van der Waals surface area contributed by atoms with Crippen molar-refractivity contribution in [3.8, 4) is 0 Å². The van der Waals surface area contributed by atoms with Gasteiger partial charge >= 0.3 is 11.7 Å². The summed E-state index contributed by atoms with van der Waals surface area (Å²) in [5.41, 5.74) is -0.940. The van der Waals surface area contributed by atoms with Gasteiger partial charge < -0.3 is 10.4 Å². The highest BCUT2D eigenvalue weighted by Crippen LogP contribution is 2.22. The van der Waals surface area contributed by atoms with E-state index >= 15 is 0 Å². The van der Waals surface area contributed by atoms with Gasteiger partial charge in [-0.25, -0.2) is 4.79 Å². The average molecular weight is 312 g/mol. The predicted molar refractivity (Wildman–Crippen MR) is 77.4 cm³/mol. The molecule has 0 saturated heterocycles. The molecule has 1 atom stereocenters. The molecule has 0 fully saturated rings. The molecule has 0 radical (unpaired) electrons. The van der Waals surface area contributed by atoms with Crippen LogP contribution in [0, 0.1) is 15.5 Å². The Morgan fingerprint density at radius 1 is 1.50 bits per heavy atom. The topological polar surface area (TPSA) is 127 Å². The number of hydrogen-bond acceptors (Lipinski definition) is 5. The molecule has 9 heteroatoms. The zero-order chi connectivity index (χ0) is 17.1. The van der Waals surface area contributed by atoms with Gasteiger partial charge in [0.2, 0.25) is 5.69 Å². The standard InChI is InChI=1S/C13H20N4O5/c1-13(2,3)6-5-8(12(19)20)14-11(18)10-9(17(21)22)7-16(4)15-10/h7-8H,5-6H2,1-4H3,(H,14,18)(H,19,20). The third-order valence-electron chi connectivity index (χ3n) is 3.01. The SMILES string of the molecule is Cn1cc([N+](=O)[O-])c(C(=O)NC(CCC(C)(C)C)C(=O)O)n1. The van der Waals surface area contributed by atoms with Crippen LogP contribution in [0.1, 0.15) is 44.1 Å². The molecule has 9 nitrogen and oxygen atoms in total. The van der Waals surface area contributed by atoms with E-state index in [9.17, 15) is 24.8 Å². The predicted octanol–water partition coefficient (Wildman–Crippen LogP) is 1.34. The molecule has 0 aliphatic rings. The number of carbonyl (C=O) groups is 2. The fourth-order valence-corrected chi connectivity index (χ4v) is 1.83. The van der Waals surface area contributed by atoms with E-state index in [2.05, 4.69) is 10.4 Å². The van der Waals surface area contributed by atoms with Gasteiger partial charge in [0.05, 0.1) is 4.92 Å². The van der Waals surface area contributed by atoms with Gasteiger partial charge in [0, 0.05) is 7.05 Å². The molecular weight excluding hydrogens is 292 g/mol.